The van der Waals surface area contributed by atoms with Crippen molar-refractivity contribution in [3.8, 4) is 0 Å². The second kappa shape index (κ2) is 8.72. The van der Waals surface area contributed by atoms with Gasteiger partial charge in [0.25, 0.3) is 0 Å². The summed E-state index contributed by atoms with van der Waals surface area (Å²) in [6.45, 7) is 7.74. The molecule has 0 fully saturated rings. The van der Waals surface area contributed by atoms with Gasteiger partial charge in [-0.2, -0.15) is 0 Å². The second-order valence-corrected chi connectivity index (χ2v) is 4.17. The van der Waals surface area contributed by atoms with Gasteiger partial charge >= 0.3 is 0 Å². The van der Waals surface area contributed by atoms with Crippen LogP contribution in [0.3, 0.4) is 0 Å². The van der Waals surface area contributed by atoms with Gasteiger partial charge in [0, 0.05) is 26.1 Å². The third-order valence-corrected chi connectivity index (χ3v) is 2.87. The Hall–Kier alpha value is -1.33. The molecule has 0 aliphatic heterocycles. The van der Waals surface area contributed by atoms with Crippen LogP contribution in [-0.2, 0) is 4.74 Å². The van der Waals surface area contributed by atoms with Crippen LogP contribution in [-0.4, -0.2) is 48.5 Å². The Labute approximate surface area is 113 Å². The number of nitrogens with zero attached hydrogens (tertiary/aromatic N) is 2. The molecule has 1 rings (SSSR count). The predicted octanol–water partition coefficient (Wildman–Crippen LogP) is 2.15. The van der Waals surface area contributed by atoms with Crippen LogP contribution in [0.2, 0.25) is 0 Å². The number of likely N-dealkylation sites (N-methyl/N-ethyl adjacent to an activating group) is 1. The topological polar surface area (TPSA) is 42.4 Å². The van der Waals surface area contributed by atoms with E-state index in [-0.39, 0.29) is 5.78 Å². The maximum absolute atomic E-state index is 12.7. The van der Waals surface area contributed by atoms with Gasteiger partial charge < -0.3 is 9.64 Å². The molecule has 0 amide bonds. The van der Waals surface area contributed by atoms with Gasteiger partial charge in [0.15, 0.2) is 5.78 Å². The summed E-state index contributed by atoms with van der Waals surface area (Å²) in [6.07, 6.45) is 1.46. The molecule has 0 aromatic carbocycles. The summed E-state index contributed by atoms with van der Waals surface area (Å²) in [4.78, 5) is 17.8. The number of halogens is 1. The number of ketones is 1. The molecular weight excluding hydrogens is 247 g/mol. The number of carbonyl (C=O) groups excluding carboxylic acids is 1. The summed E-state index contributed by atoms with van der Waals surface area (Å²) in [5.74, 6) is -0.488. The van der Waals surface area contributed by atoms with E-state index in [1.54, 1.807) is 0 Å². The van der Waals surface area contributed by atoms with Crippen molar-refractivity contribution in [3.05, 3.63) is 29.8 Å². The molecule has 0 aliphatic rings. The van der Waals surface area contributed by atoms with Crippen molar-refractivity contribution in [3.63, 3.8) is 0 Å². The molecule has 0 bridgehead atoms. The van der Waals surface area contributed by atoms with Crippen molar-refractivity contribution in [2.45, 2.75) is 20.3 Å². The van der Waals surface area contributed by atoms with Crippen molar-refractivity contribution < 1.29 is 13.9 Å². The molecule has 4 nitrogen and oxygen atoms in total. The summed E-state index contributed by atoms with van der Waals surface area (Å²) < 4.78 is 18.0. The van der Waals surface area contributed by atoms with Crippen LogP contribution in [0.25, 0.3) is 0 Å². The minimum atomic E-state index is -0.427. The number of rotatable bonds is 9. The van der Waals surface area contributed by atoms with Gasteiger partial charge in [-0.05, 0) is 25.6 Å². The highest BCUT2D eigenvalue weighted by Gasteiger charge is 2.10. The van der Waals surface area contributed by atoms with Crippen LogP contribution in [0.4, 0.5) is 4.39 Å². The van der Waals surface area contributed by atoms with Gasteiger partial charge in [0.1, 0.15) is 11.5 Å². The van der Waals surface area contributed by atoms with Crippen LogP contribution in [0.15, 0.2) is 18.3 Å². The van der Waals surface area contributed by atoms with E-state index in [1.165, 1.54) is 12.1 Å². The largest absolute Gasteiger partial charge is 0.380 e. The SMILES string of the molecule is CCOCCN(CC)CCC(=O)c1ccc(F)cn1. The molecule has 19 heavy (non-hydrogen) atoms. The predicted molar refractivity (Wildman–Crippen MR) is 71.7 cm³/mol. The molecule has 0 spiro atoms. The van der Waals surface area contributed by atoms with Gasteiger partial charge in [-0.1, -0.05) is 6.92 Å². The first kappa shape index (κ1) is 15.7. The van der Waals surface area contributed by atoms with Gasteiger partial charge in [-0.3, -0.25) is 9.78 Å². The van der Waals surface area contributed by atoms with Crippen molar-refractivity contribution in [2.75, 3.05) is 32.8 Å². The summed E-state index contributed by atoms with van der Waals surface area (Å²) in [7, 11) is 0. The van der Waals surface area contributed by atoms with E-state index in [1.807, 2.05) is 13.8 Å². The first-order chi connectivity index (χ1) is 9.17. The molecule has 0 radical (unpaired) electrons. The van der Waals surface area contributed by atoms with Crippen LogP contribution >= 0.6 is 0 Å². The minimum Gasteiger partial charge on any atom is -0.380 e. The van der Waals surface area contributed by atoms with E-state index < -0.39 is 5.82 Å². The maximum Gasteiger partial charge on any atom is 0.182 e. The number of pyridine rings is 1. The lowest BCUT2D eigenvalue weighted by atomic mass is 10.2. The Morgan fingerprint density at radius 2 is 2.16 bits per heavy atom. The summed E-state index contributed by atoms with van der Waals surface area (Å²) in [5, 5.41) is 0. The fraction of sp³-hybridized carbons (Fsp3) is 0.571. The number of aromatic nitrogens is 1. The average Bonchev–Trinajstić information content (AvgIpc) is 2.43. The third kappa shape index (κ3) is 5.89. The Morgan fingerprint density at radius 1 is 1.37 bits per heavy atom. The summed E-state index contributed by atoms with van der Waals surface area (Å²) >= 11 is 0. The van der Waals surface area contributed by atoms with Gasteiger partial charge in [-0.15, -0.1) is 0 Å². The van der Waals surface area contributed by atoms with Crippen LogP contribution in [0.5, 0.6) is 0 Å². The fourth-order valence-electron chi connectivity index (χ4n) is 1.69. The Morgan fingerprint density at radius 3 is 2.74 bits per heavy atom. The fourth-order valence-corrected chi connectivity index (χ4v) is 1.69. The van der Waals surface area contributed by atoms with Gasteiger partial charge in [0.05, 0.1) is 12.8 Å². The lowest BCUT2D eigenvalue weighted by Crippen LogP contribution is -2.30. The summed E-state index contributed by atoms with van der Waals surface area (Å²) in [6, 6.07) is 2.68. The van der Waals surface area contributed by atoms with E-state index in [4.69, 9.17) is 4.74 Å². The minimum absolute atomic E-state index is 0.0603. The van der Waals surface area contributed by atoms with Crippen LogP contribution in [0, 0.1) is 5.82 Å². The zero-order valence-corrected chi connectivity index (χ0v) is 11.6. The zero-order valence-electron chi connectivity index (χ0n) is 11.6. The van der Waals surface area contributed by atoms with Crippen molar-refractivity contribution in [2.24, 2.45) is 0 Å². The van der Waals surface area contributed by atoms with Gasteiger partial charge in [-0.25, -0.2) is 4.39 Å². The molecule has 0 saturated carbocycles. The molecule has 0 N–H and O–H groups in total. The monoisotopic (exact) mass is 268 g/mol. The highest BCUT2D eigenvalue weighted by Crippen LogP contribution is 2.03. The molecule has 0 unspecified atom stereocenters. The number of carbonyl (C=O) groups is 1. The van der Waals surface area contributed by atoms with Crippen LogP contribution in [0.1, 0.15) is 30.8 Å². The Kier molecular flexibility index (Phi) is 7.22. The normalized spacial score (nSPS) is 10.9. The standard InChI is InChI=1S/C14H21FN2O2/c1-3-17(9-10-19-4-2)8-7-14(18)13-6-5-12(15)11-16-13/h5-6,11H,3-4,7-10H2,1-2H3. The maximum atomic E-state index is 12.7. The number of hydrogen-bond donors (Lipinski definition) is 0. The smallest absolute Gasteiger partial charge is 0.182 e. The second-order valence-electron chi connectivity index (χ2n) is 4.17. The lowest BCUT2D eigenvalue weighted by Gasteiger charge is -2.19. The average molecular weight is 268 g/mol. The molecule has 0 atom stereocenters. The molecule has 5 heteroatoms. The van der Waals surface area contributed by atoms with Crippen LogP contribution < -0.4 is 0 Å². The van der Waals surface area contributed by atoms with Crippen molar-refractivity contribution >= 4 is 5.78 Å². The van der Waals surface area contributed by atoms with E-state index in [0.29, 0.717) is 31.9 Å². The number of Topliss-reactive ketones (excluding diaryl/α,β-unsaturated/α-hetero) is 1. The van der Waals surface area contributed by atoms with E-state index in [2.05, 4.69) is 9.88 Å². The lowest BCUT2D eigenvalue weighted by molar-refractivity contribution is 0.0925. The van der Waals surface area contributed by atoms with E-state index >= 15 is 0 Å². The van der Waals surface area contributed by atoms with Crippen molar-refractivity contribution in [1.29, 1.82) is 0 Å². The molecule has 1 aromatic heterocycles. The third-order valence-electron chi connectivity index (χ3n) is 2.87. The molecular formula is C14H21FN2O2. The zero-order chi connectivity index (χ0) is 14.1. The van der Waals surface area contributed by atoms with Gasteiger partial charge in [0.2, 0.25) is 0 Å². The molecule has 1 heterocycles. The first-order valence-corrected chi connectivity index (χ1v) is 6.62. The van der Waals surface area contributed by atoms with E-state index in [0.717, 1.165) is 19.3 Å². The highest BCUT2D eigenvalue weighted by atomic mass is 19.1. The number of hydrogen-bond acceptors (Lipinski definition) is 4. The Bertz CT molecular complexity index is 382. The van der Waals surface area contributed by atoms with E-state index in [9.17, 15) is 9.18 Å². The Balaban J connectivity index is 2.37. The first-order valence-electron chi connectivity index (χ1n) is 6.62. The highest BCUT2D eigenvalue weighted by molar-refractivity contribution is 5.94. The molecule has 1 aromatic rings. The molecule has 106 valence electrons. The number of ether oxygens (including phenoxy) is 1. The molecule has 0 aliphatic carbocycles. The molecule has 0 saturated heterocycles. The quantitative estimate of drug-likeness (QED) is 0.508. The van der Waals surface area contributed by atoms with Crippen molar-refractivity contribution in [1.82, 2.24) is 9.88 Å². The summed E-state index contributed by atoms with van der Waals surface area (Å²) in [5.41, 5.74) is 0.322.